The van der Waals surface area contributed by atoms with Crippen LogP contribution in [0.5, 0.6) is 0 Å². The molecule has 0 amide bonds. The first-order valence-electron chi connectivity index (χ1n) is 9.45. The van der Waals surface area contributed by atoms with Crippen molar-refractivity contribution in [1.82, 2.24) is 0 Å². The van der Waals surface area contributed by atoms with Gasteiger partial charge in [0.05, 0.1) is 5.60 Å². The summed E-state index contributed by atoms with van der Waals surface area (Å²) in [6.45, 7) is 10.3. The molecule has 0 saturated carbocycles. The first-order chi connectivity index (χ1) is 11.3. The van der Waals surface area contributed by atoms with Gasteiger partial charge in [0.1, 0.15) is 11.7 Å². The Morgan fingerprint density at radius 3 is 2.67 bits per heavy atom. The highest BCUT2D eigenvalue weighted by atomic mass is 16.6. The molecule has 0 aliphatic carbocycles. The number of hydrogen-bond donors (Lipinski definition) is 0. The molecule has 0 N–H and O–H groups in total. The lowest BCUT2D eigenvalue weighted by atomic mass is 9.82. The van der Waals surface area contributed by atoms with Crippen LogP contribution in [-0.4, -0.2) is 23.3 Å². The van der Waals surface area contributed by atoms with E-state index in [1.807, 2.05) is 0 Å². The summed E-state index contributed by atoms with van der Waals surface area (Å²) in [5, 5.41) is 0. The van der Waals surface area contributed by atoms with Crippen LogP contribution in [0.4, 0.5) is 0 Å². The van der Waals surface area contributed by atoms with Gasteiger partial charge in [0.15, 0.2) is 0 Å². The normalized spacial score (nSPS) is 34.9. The molecule has 3 unspecified atom stereocenters. The zero-order valence-electron chi connectivity index (χ0n) is 16.1. The molecular formula is C21H34O3. The Bertz CT molecular complexity index is 505. The average molecular weight is 335 g/mol. The first-order valence-corrected chi connectivity index (χ1v) is 9.45. The van der Waals surface area contributed by atoms with E-state index in [2.05, 4.69) is 45.9 Å². The second-order valence-corrected chi connectivity index (χ2v) is 8.07. The Kier molecular flexibility index (Phi) is 6.30. The number of fused-ring (bicyclic) bond motifs is 2. The fourth-order valence-electron chi connectivity index (χ4n) is 3.97. The quantitative estimate of drug-likeness (QED) is 0.504. The molecule has 2 rings (SSSR count). The average Bonchev–Trinajstić information content (AvgIpc) is 2.86. The van der Waals surface area contributed by atoms with E-state index in [0.717, 1.165) is 44.9 Å². The molecule has 136 valence electrons. The topological polar surface area (TPSA) is 35.5 Å². The SMILES string of the molecule is CC(=O)OC1CCC=CCCC(C)=CCC2(C(C)C)CCC1(C)O2. The third-order valence-corrected chi connectivity index (χ3v) is 5.79. The number of carbonyl (C=O) groups is 1. The van der Waals surface area contributed by atoms with E-state index in [1.54, 1.807) is 0 Å². The van der Waals surface area contributed by atoms with Crippen LogP contribution in [-0.2, 0) is 14.3 Å². The van der Waals surface area contributed by atoms with Crippen molar-refractivity contribution < 1.29 is 14.3 Å². The second kappa shape index (κ2) is 7.86. The predicted molar refractivity (Wildman–Crippen MR) is 97.8 cm³/mol. The smallest absolute Gasteiger partial charge is 0.303 e. The number of ether oxygens (including phenoxy) is 2. The van der Waals surface area contributed by atoms with Crippen LogP contribution >= 0.6 is 0 Å². The van der Waals surface area contributed by atoms with E-state index in [9.17, 15) is 4.79 Å². The largest absolute Gasteiger partial charge is 0.459 e. The van der Waals surface area contributed by atoms with Gasteiger partial charge >= 0.3 is 5.97 Å². The molecule has 3 heteroatoms. The van der Waals surface area contributed by atoms with Gasteiger partial charge in [0.25, 0.3) is 0 Å². The summed E-state index contributed by atoms with van der Waals surface area (Å²) in [5.74, 6) is 0.223. The maximum atomic E-state index is 11.6. The molecule has 3 nitrogen and oxygen atoms in total. The minimum absolute atomic E-state index is 0.143. The van der Waals surface area contributed by atoms with Crippen LogP contribution in [0.15, 0.2) is 23.8 Å². The van der Waals surface area contributed by atoms with Crippen LogP contribution in [0.25, 0.3) is 0 Å². The molecule has 1 fully saturated rings. The number of esters is 1. The lowest BCUT2D eigenvalue weighted by Gasteiger charge is -2.39. The second-order valence-electron chi connectivity index (χ2n) is 8.07. The fraction of sp³-hybridized carbons (Fsp3) is 0.762. The van der Waals surface area contributed by atoms with Crippen molar-refractivity contribution in [3.8, 4) is 0 Å². The van der Waals surface area contributed by atoms with Gasteiger partial charge in [0.2, 0.25) is 0 Å². The van der Waals surface area contributed by atoms with Gasteiger partial charge in [-0.05, 0) is 64.7 Å². The third-order valence-electron chi connectivity index (χ3n) is 5.79. The van der Waals surface area contributed by atoms with E-state index in [-0.39, 0.29) is 23.3 Å². The van der Waals surface area contributed by atoms with E-state index >= 15 is 0 Å². The summed E-state index contributed by atoms with van der Waals surface area (Å²) in [4.78, 5) is 11.6. The molecule has 24 heavy (non-hydrogen) atoms. The molecule has 2 heterocycles. The Labute approximate surface area is 147 Å². The van der Waals surface area contributed by atoms with E-state index < -0.39 is 0 Å². The summed E-state index contributed by atoms with van der Waals surface area (Å²) in [5.41, 5.74) is 0.905. The molecule has 2 aliphatic heterocycles. The summed E-state index contributed by atoms with van der Waals surface area (Å²) in [6, 6.07) is 0. The molecule has 0 radical (unpaired) electrons. The highest BCUT2D eigenvalue weighted by molar-refractivity contribution is 5.66. The molecule has 3 atom stereocenters. The van der Waals surface area contributed by atoms with E-state index in [0.29, 0.717) is 5.92 Å². The van der Waals surface area contributed by atoms with Crippen LogP contribution in [0, 0.1) is 5.92 Å². The van der Waals surface area contributed by atoms with Gasteiger partial charge in [-0.15, -0.1) is 0 Å². The van der Waals surface area contributed by atoms with Gasteiger partial charge in [-0.3, -0.25) is 4.79 Å². The van der Waals surface area contributed by atoms with Crippen molar-refractivity contribution in [3.63, 3.8) is 0 Å². The molecule has 0 aromatic heterocycles. The molecular weight excluding hydrogens is 300 g/mol. The predicted octanol–water partition coefficient (Wildman–Crippen LogP) is 5.35. The highest BCUT2D eigenvalue weighted by Crippen LogP contribution is 2.47. The van der Waals surface area contributed by atoms with Gasteiger partial charge in [-0.25, -0.2) is 0 Å². The van der Waals surface area contributed by atoms with Gasteiger partial charge in [0, 0.05) is 6.92 Å². The number of carbonyl (C=O) groups excluding carboxylic acids is 1. The summed E-state index contributed by atoms with van der Waals surface area (Å²) in [6.07, 6.45) is 13.5. The molecule has 0 aromatic carbocycles. The maximum absolute atomic E-state index is 11.6. The Balaban J connectivity index is 2.31. The Hall–Kier alpha value is -1.09. The molecule has 2 bridgehead atoms. The van der Waals surface area contributed by atoms with Crippen molar-refractivity contribution in [2.75, 3.05) is 0 Å². The molecule has 1 saturated heterocycles. The lowest BCUT2D eigenvalue weighted by molar-refractivity contribution is -0.186. The Morgan fingerprint density at radius 1 is 1.29 bits per heavy atom. The van der Waals surface area contributed by atoms with E-state index in [1.165, 1.54) is 12.5 Å². The maximum Gasteiger partial charge on any atom is 0.303 e. The minimum Gasteiger partial charge on any atom is -0.459 e. The monoisotopic (exact) mass is 334 g/mol. The van der Waals surface area contributed by atoms with Gasteiger partial charge in [-0.2, -0.15) is 0 Å². The number of rotatable bonds is 2. The van der Waals surface area contributed by atoms with Crippen LogP contribution in [0.2, 0.25) is 0 Å². The molecule has 0 aromatic rings. The van der Waals surface area contributed by atoms with Crippen molar-refractivity contribution in [3.05, 3.63) is 23.8 Å². The molecule has 2 aliphatic rings. The summed E-state index contributed by atoms with van der Waals surface area (Å²) in [7, 11) is 0. The van der Waals surface area contributed by atoms with Crippen molar-refractivity contribution >= 4 is 5.97 Å². The third kappa shape index (κ3) is 4.50. The van der Waals surface area contributed by atoms with Gasteiger partial charge in [-0.1, -0.05) is 37.6 Å². The van der Waals surface area contributed by atoms with Crippen molar-refractivity contribution in [2.24, 2.45) is 5.92 Å². The van der Waals surface area contributed by atoms with Gasteiger partial charge < -0.3 is 9.47 Å². The fourth-order valence-corrected chi connectivity index (χ4v) is 3.97. The minimum atomic E-state index is -0.389. The summed E-state index contributed by atoms with van der Waals surface area (Å²) >= 11 is 0. The molecule has 0 spiro atoms. The zero-order valence-corrected chi connectivity index (χ0v) is 16.1. The van der Waals surface area contributed by atoms with Crippen molar-refractivity contribution in [1.29, 1.82) is 0 Å². The first kappa shape index (κ1) is 19.2. The number of allylic oxidation sites excluding steroid dienone is 3. The highest BCUT2D eigenvalue weighted by Gasteiger charge is 2.52. The zero-order chi connectivity index (χ0) is 17.8. The van der Waals surface area contributed by atoms with Crippen LogP contribution in [0.3, 0.4) is 0 Å². The Morgan fingerprint density at radius 2 is 2.00 bits per heavy atom. The van der Waals surface area contributed by atoms with E-state index in [4.69, 9.17) is 9.47 Å². The van der Waals surface area contributed by atoms with Crippen LogP contribution in [0.1, 0.15) is 79.6 Å². The summed E-state index contributed by atoms with van der Waals surface area (Å²) < 4.78 is 12.4. The lowest BCUT2D eigenvalue weighted by Crippen LogP contribution is -2.46. The van der Waals surface area contributed by atoms with Crippen molar-refractivity contribution in [2.45, 2.75) is 96.9 Å². The number of hydrogen-bond acceptors (Lipinski definition) is 3. The van der Waals surface area contributed by atoms with Crippen LogP contribution < -0.4 is 0 Å². The standard InChI is InChI=1S/C21H34O3/c1-16(2)21-13-12-17(3)10-8-6-7-9-11-19(23-18(4)22)20(5,24-21)14-15-21/h6-7,12,16,19H,8-11,13-15H2,1-5H3.